The third kappa shape index (κ3) is 2.50. The number of carbonyl (C=O) groups excluding carboxylic acids is 2. The van der Waals surface area contributed by atoms with E-state index in [0.29, 0.717) is 6.42 Å². The summed E-state index contributed by atoms with van der Waals surface area (Å²) in [5.74, 6) is -0.290. The van der Waals surface area contributed by atoms with Gasteiger partial charge in [0.25, 0.3) is 0 Å². The van der Waals surface area contributed by atoms with Gasteiger partial charge in [0.2, 0.25) is 0 Å². The van der Waals surface area contributed by atoms with E-state index in [1.807, 2.05) is 0 Å². The third-order valence-corrected chi connectivity index (χ3v) is 7.06. The maximum absolute atomic E-state index is 12.4. The van der Waals surface area contributed by atoms with Crippen molar-refractivity contribution < 1.29 is 23.8 Å². The second kappa shape index (κ2) is 5.98. The van der Waals surface area contributed by atoms with Crippen LogP contribution in [0.4, 0.5) is 4.79 Å². The molecule has 3 atom stereocenters. The smallest absolute Gasteiger partial charge is 0.457 e. The van der Waals surface area contributed by atoms with E-state index in [2.05, 4.69) is 33.8 Å². The van der Waals surface area contributed by atoms with Gasteiger partial charge >= 0.3 is 12.1 Å². The van der Waals surface area contributed by atoms with E-state index in [-0.39, 0.29) is 12.1 Å². The number of esters is 1. The molecule has 1 aliphatic heterocycles. The summed E-state index contributed by atoms with van der Waals surface area (Å²) in [5, 5.41) is 0. The molecular formula is C22H28O5. The molecule has 5 nitrogen and oxygen atoms in total. The van der Waals surface area contributed by atoms with Gasteiger partial charge in [-0.2, -0.15) is 0 Å². The maximum atomic E-state index is 12.4. The van der Waals surface area contributed by atoms with Crippen molar-refractivity contribution in [3.8, 4) is 0 Å². The molecule has 0 aromatic heterocycles. The first-order valence-corrected chi connectivity index (χ1v) is 9.83. The Kier molecular flexibility index (Phi) is 4.06. The second-order valence-electron chi connectivity index (χ2n) is 8.82. The number of allylic oxidation sites excluding steroid dienone is 3. The van der Waals surface area contributed by atoms with E-state index in [1.165, 1.54) is 23.6 Å². The topological polar surface area (TPSA) is 61.8 Å². The van der Waals surface area contributed by atoms with Crippen molar-refractivity contribution in [3.05, 3.63) is 33.9 Å². The molecule has 1 heterocycles. The molecule has 2 bridgehead atoms. The van der Waals surface area contributed by atoms with Crippen LogP contribution < -0.4 is 0 Å². The van der Waals surface area contributed by atoms with Gasteiger partial charge < -0.3 is 14.2 Å². The molecule has 1 saturated carbocycles. The molecule has 146 valence electrons. The average molecular weight is 372 g/mol. The molecular weight excluding hydrogens is 344 g/mol. The first kappa shape index (κ1) is 18.3. The van der Waals surface area contributed by atoms with Crippen LogP contribution >= 0.6 is 0 Å². The predicted octanol–water partition coefficient (Wildman–Crippen LogP) is 4.77. The van der Waals surface area contributed by atoms with Crippen LogP contribution in [0.2, 0.25) is 0 Å². The van der Waals surface area contributed by atoms with Crippen molar-refractivity contribution in [3.63, 3.8) is 0 Å². The van der Waals surface area contributed by atoms with Crippen LogP contribution in [0.15, 0.2) is 33.9 Å². The highest BCUT2D eigenvalue weighted by Gasteiger charge is 2.65. The summed E-state index contributed by atoms with van der Waals surface area (Å²) < 4.78 is 17.6. The zero-order valence-electron chi connectivity index (χ0n) is 16.8. The first-order valence-electron chi connectivity index (χ1n) is 9.83. The summed E-state index contributed by atoms with van der Waals surface area (Å²) in [6.45, 7) is 9.96. The highest BCUT2D eigenvalue weighted by molar-refractivity contribution is 5.69. The summed E-state index contributed by atoms with van der Waals surface area (Å²) in [5.41, 5.74) is 4.58. The highest BCUT2D eigenvalue weighted by atomic mass is 16.8. The molecule has 0 radical (unpaired) electrons. The molecule has 0 aromatic rings. The molecule has 3 aliphatic carbocycles. The Morgan fingerprint density at radius 2 is 1.96 bits per heavy atom. The van der Waals surface area contributed by atoms with Crippen LogP contribution in [0.1, 0.15) is 66.7 Å². The van der Waals surface area contributed by atoms with Crippen molar-refractivity contribution in [2.45, 2.75) is 84.5 Å². The Bertz CT molecular complexity index is 813. The largest absolute Gasteiger partial charge is 0.509 e. The fourth-order valence-corrected chi connectivity index (χ4v) is 5.62. The van der Waals surface area contributed by atoms with E-state index in [1.54, 1.807) is 0 Å². The standard InChI is InChI=1S/C22H28O5/c1-12-9-10-22-19(26-20(24)27-22)18-13(2)7-6-8-15(18)17(25-14(3)23)11-16(12)21(22,4)5/h8,17,19H,6-7,9-11H2,1-5H3/t17-,19-,22-/m0/s1. The SMILES string of the molecule is CC(=O)O[C@H]1CC2=C(C)CC[C@@]3(OC(=O)O[C@H]3C3=C(C)CCC=C31)C2(C)C. The Hall–Kier alpha value is -2.04. The highest BCUT2D eigenvalue weighted by Crippen LogP contribution is 2.60. The van der Waals surface area contributed by atoms with Crippen LogP contribution in [0.3, 0.4) is 0 Å². The van der Waals surface area contributed by atoms with E-state index < -0.39 is 23.3 Å². The van der Waals surface area contributed by atoms with Gasteiger partial charge in [-0.05, 0) is 45.1 Å². The van der Waals surface area contributed by atoms with Gasteiger partial charge in [-0.3, -0.25) is 4.79 Å². The molecule has 0 unspecified atom stereocenters. The van der Waals surface area contributed by atoms with Crippen LogP contribution in [0.5, 0.6) is 0 Å². The lowest BCUT2D eigenvalue weighted by Gasteiger charge is -2.52. The Morgan fingerprint density at radius 3 is 2.67 bits per heavy atom. The molecule has 27 heavy (non-hydrogen) atoms. The van der Waals surface area contributed by atoms with E-state index >= 15 is 0 Å². The third-order valence-electron chi connectivity index (χ3n) is 7.06. The summed E-state index contributed by atoms with van der Waals surface area (Å²) >= 11 is 0. The minimum atomic E-state index is -0.715. The first-order chi connectivity index (χ1) is 12.7. The monoisotopic (exact) mass is 372 g/mol. The van der Waals surface area contributed by atoms with E-state index in [0.717, 1.165) is 36.8 Å². The number of rotatable bonds is 1. The van der Waals surface area contributed by atoms with Crippen molar-refractivity contribution in [1.29, 1.82) is 0 Å². The lowest BCUT2D eigenvalue weighted by molar-refractivity contribution is -0.145. The van der Waals surface area contributed by atoms with Gasteiger partial charge in [0.15, 0.2) is 11.7 Å². The predicted molar refractivity (Wildman–Crippen MR) is 100.0 cm³/mol. The van der Waals surface area contributed by atoms with Gasteiger partial charge in [-0.15, -0.1) is 0 Å². The van der Waals surface area contributed by atoms with Crippen molar-refractivity contribution in [2.24, 2.45) is 5.41 Å². The molecule has 1 saturated heterocycles. The number of ether oxygens (including phenoxy) is 3. The lowest BCUT2D eigenvalue weighted by atomic mass is 9.55. The van der Waals surface area contributed by atoms with Crippen LogP contribution in [0.25, 0.3) is 0 Å². The second-order valence-corrected chi connectivity index (χ2v) is 8.82. The molecule has 0 amide bonds. The fraction of sp³-hybridized carbons (Fsp3) is 0.636. The number of fused-ring (bicyclic) bond motifs is 3. The maximum Gasteiger partial charge on any atom is 0.509 e. The summed E-state index contributed by atoms with van der Waals surface area (Å²) in [4.78, 5) is 24.2. The summed E-state index contributed by atoms with van der Waals surface area (Å²) in [6.07, 6.45) is 4.78. The van der Waals surface area contributed by atoms with Crippen molar-refractivity contribution in [1.82, 2.24) is 0 Å². The molecule has 4 aliphatic rings. The molecule has 1 spiro atoms. The molecule has 5 heteroatoms. The Morgan fingerprint density at radius 1 is 1.22 bits per heavy atom. The van der Waals surface area contributed by atoms with Crippen molar-refractivity contribution in [2.75, 3.05) is 0 Å². The fourth-order valence-electron chi connectivity index (χ4n) is 5.62. The number of hydrogen-bond donors (Lipinski definition) is 0. The number of hydrogen-bond acceptors (Lipinski definition) is 5. The molecule has 2 fully saturated rings. The van der Waals surface area contributed by atoms with Crippen molar-refractivity contribution >= 4 is 12.1 Å². The zero-order chi connectivity index (χ0) is 19.6. The van der Waals surface area contributed by atoms with Gasteiger partial charge in [-0.25, -0.2) is 4.79 Å². The Labute approximate surface area is 160 Å². The minimum absolute atomic E-state index is 0.290. The average Bonchev–Trinajstić information content (AvgIpc) is 2.91. The van der Waals surface area contributed by atoms with Crippen LogP contribution in [-0.2, 0) is 19.0 Å². The molecule has 4 rings (SSSR count). The van der Waals surface area contributed by atoms with Gasteiger partial charge in [0, 0.05) is 24.3 Å². The van der Waals surface area contributed by atoms with E-state index in [9.17, 15) is 9.59 Å². The molecule has 0 aromatic carbocycles. The lowest BCUT2D eigenvalue weighted by Crippen LogP contribution is -2.58. The van der Waals surface area contributed by atoms with Crippen LogP contribution in [-0.4, -0.2) is 29.9 Å². The Balaban J connectivity index is 1.97. The van der Waals surface area contributed by atoms with E-state index in [4.69, 9.17) is 14.2 Å². The molecule has 0 N–H and O–H groups in total. The van der Waals surface area contributed by atoms with Gasteiger partial charge in [0.05, 0.1) is 0 Å². The zero-order valence-corrected chi connectivity index (χ0v) is 16.8. The normalized spacial score (nSPS) is 34.6. The quantitative estimate of drug-likeness (QED) is 0.490. The van der Waals surface area contributed by atoms with Crippen LogP contribution in [0, 0.1) is 5.41 Å². The minimum Gasteiger partial charge on any atom is -0.457 e. The van der Waals surface area contributed by atoms with Gasteiger partial charge in [0.1, 0.15) is 6.10 Å². The summed E-state index contributed by atoms with van der Waals surface area (Å²) in [7, 11) is 0. The summed E-state index contributed by atoms with van der Waals surface area (Å²) in [6, 6.07) is 0. The van der Waals surface area contributed by atoms with Gasteiger partial charge in [-0.1, -0.05) is 36.6 Å². The number of carbonyl (C=O) groups is 2.